The molecule has 2 unspecified atom stereocenters. The number of halogens is 3. The van der Waals surface area contributed by atoms with Gasteiger partial charge in [-0.15, -0.1) is 0 Å². The molecule has 1 aliphatic rings. The van der Waals surface area contributed by atoms with E-state index in [9.17, 15) is 27.9 Å². The number of aromatic nitrogens is 2. The first kappa shape index (κ1) is 20.0. The number of carbonyl (C=O) groups excluding carboxylic acids is 2. The van der Waals surface area contributed by atoms with Crippen molar-refractivity contribution in [3.8, 4) is 0 Å². The van der Waals surface area contributed by atoms with Crippen LogP contribution in [0.2, 0.25) is 0 Å². The number of hydrogen-bond donors (Lipinski definition) is 2. The summed E-state index contributed by atoms with van der Waals surface area (Å²) in [6.07, 6.45) is -2.60. The summed E-state index contributed by atoms with van der Waals surface area (Å²) in [5.74, 6) is -4.58. The molecule has 2 rings (SSSR count). The van der Waals surface area contributed by atoms with E-state index in [4.69, 9.17) is 4.74 Å². The SMILES string of the molecule is CC(C)CC(C)C1(O)OC(=O)C=C1NC(=O)c1cn(C)nc1C(F)(F)F. The van der Waals surface area contributed by atoms with Crippen molar-refractivity contribution < 1.29 is 32.6 Å². The Hall–Kier alpha value is -2.36. The number of carbonyl (C=O) groups is 2. The summed E-state index contributed by atoms with van der Waals surface area (Å²) in [6, 6.07) is 0. The molecule has 144 valence electrons. The average molecular weight is 375 g/mol. The Bertz CT molecular complexity index is 754. The van der Waals surface area contributed by atoms with E-state index in [1.165, 1.54) is 7.05 Å². The first-order valence-electron chi connectivity index (χ1n) is 7.94. The molecular weight excluding hydrogens is 355 g/mol. The number of cyclic esters (lactones) is 1. The van der Waals surface area contributed by atoms with Gasteiger partial charge in [-0.25, -0.2) is 4.79 Å². The summed E-state index contributed by atoms with van der Waals surface area (Å²) in [5.41, 5.74) is -2.38. The second kappa shape index (κ2) is 6.75. The summed E-state index contributed by atoms with van der Waals surface area (Å²) in [4.78, 5) is 23.9. The largest absolute Gasteiger partial charge is 0.435 e. The molecule has 0 spiro atoms. The molecule has 1 aromatic rings. The van der Waals surface area contributed by atoms with Crippen LogP contribution >= 0.6 is 0 Å². The van der Waals surface area contributed by atoms with E-state index < -0.39 is 41.0 Å². The predicted octanol–water partition coefficient (Wildman–Crippen LogP) is 1.98. The molecule has 7 nitrogen and oxygen atoms in total. The van der Waals surface area contributed by atoms with Crippen LogP contribution in [-0.2, 0) is 22.8 Å². The maximum absolute atomic E-state index is 13.0. The van der Waals surface area contributed by atoms with E-state index in [1.807, 2.05) is 13.8 Å². The minimum atomic E-state index is -4.83. The topological polar surface area (TPSA) is 93.5 Å². The quantitative estimate of drug-likeness (QED) is 0.768. The number of alkyl halides is 3. The zero-order valence-electron chi connectivity index (χ0n) is 14.7. The highest BCUT2D eigenvalue weighted by molar-refractivity contribution is 5.98. The van der Waals surface area contributed by atoms with E-state index in [1.54, 1.807) is 6.92 Å². The average Bonchev–Trinajstić information content (AvgIpc) is 2.99. The van der Waals surface area contributed by atoms with Gasteiger partial charge in [0.05, 0.1) is 11.3 Å². The van der Waals surface area contributed by atoms with Gasteiger partial charge in [0.2, 0.25) is 0 Å². The molecule has 2 N–H and O–H groups in total. The van der Waals surface area contributed by atoms with Gasteiger partial charge >= 0.3 is 12.1 Å². The van der Waals surface area contributed by atoms with Crippen molar-refractivity contribution in [3.05, 3.63) is 29.2 Å². The third-order valence-corrected chi connectivity index (χ3v) is 3.99. The number of hydrogen-bond acceptors (Lipinski definition) is 5. The minimum absolute atomic E-state index is 0.153. The Morgan fingerprint density at radius 3 is 2.58 bits per heavy atom. The van der Waals surface area contributed by atoms with Crippen molar-refractivity contribution in [2.24, 2.45) is 18.9 Å². The number of nitrogens with one attached hydrogen (secondary N) is 1. The third kappa shape index (κ3) is 3.90. The predicted molar refractivity (Wildman–Crippen MR) is 83.4 cm³/mol. The molecule has 1 aromatic heterocycles. The maximum Gasteiger partial charge on any atom is 0.435 e. The lowest BCUT2D eigenvalue weighted by Gasteiger charge is -2.32. The van der Waals surface area contributed by atoms with E-state index in [2.05, 4.69) is 10.4 Å². The molecule has 0 bridgehead atoms. The summed E-state index contributed by atoms with van der Waals surface area (Å²) in [6.45, 7) is 5.40. The maximum atomic E-state index is 13.0. The summed E-state index contributed by atoms with van der Waals surface area (Å²) < 4.78 is 44.9. The van der Waals surface area contributed by atoms with Crippen molar-refractivity contribution in [3.63, 3.8) is 0 Å². The number of nitrogens with zero attached hydrogens (tertiary/aromatic N) is 2. The van der Waals surface area contributed by atoms with Crippen molar-refractivity contribution >= 4 is 11.9 Å². The highest BCUT2D eigenvalue weighted by atomic mass is 19.4. The van der Waals surface area contributed by atoms with Crippen LogP contribution in [0.3, 0.4) is 0 Å². The fourth-order valence-corrected chi connectivity index (χ4v) is 2.87. The number of rotatable bonds is 5. The number of aliphatic hydroxyl groups is 1. The van der Waals surface area contributed by atoms with Crippen LogP contribution in [0.5, 0.6) is 0 Å². The van der Waals surface area contributed by atoms with Crippen molar-refractivity contribution in [2.75, 3.05) is 0 Å². The molecule has 0 aromatic carbocycles. The first-order valence-corrected chi connectivity index (χ1v) is 7.94. The van der Waals surface area contributed by atoms with Gasteiger partial charge in [0.1, 0.15) is 0 Å². The lowest BCUT2D eigenvalue weighted by molar-refractivity contribution is -0.201. The molecule has 10 heteroatoms. The number of aryl methyl sites for hydroxylation is 1. The van der Waals surface area contributed by atoms with Gasteiger partial charge in [0.15, 0.2) is 5.69 Å². The van der Waals surface area contributed by atoms with Gasteiger partial charge in [-0.2, -0.15) is 18.3 Å². The Kier molecular flexibility index (Phi) is 5.18. The molecule has 0 saturated carbocycles. The highest BCUT2D eigenvalue weighted by Gasteiger charge is 2.48. The van der Waals surface area contributed by atoms with Gasteiger partial charge in [-0.05, 0) is 12.3 Å². The lowest BCUT2D eigenvalue weighted by Crippen LogP contribution is -2.45. The van der Waals surface area contributed by atoms with Gasteiger partial charge in [0, 0.05) is 25.2 Å². The Balaban J connectivity index is 2.30. The fraction of sp³-hybridized carbons (Fsp3) is 0.562. The van der Waals surface area contributed by atoms with Gasteiger partial charge in [-0.3, -0.25) is 9.48 Å². The molecule has 2 atom stereocenters. The Morgan fingerprint density at radius 1 is 1.42 bits per heavy atom. The van der Waals surface area contributed by atoms with Crippen LogP contribution in [0, 0.1) is 11.8 Å². The monoisotopic (exact) mass is 375 g/mol. The van der Waals surface area contributed by atoms with Crippen LogP contribution in [0.1, 0.15) is 43.2 Å². The highest BCUT2D eigenvalue weighted by Crippen LogP contribution is 2.36. The first-order chi connectivity index (χ1) is 11.8. The fourth-order valence-electron chi connectivity index (χ4n) is 2.87. The molecule has 26 heavy (non-hydrogen) atoms. The van der Waals surface area contributed by atoms with Gasteiger partial charge in [0.25, 0.3) is 11.7 Å². The van der Waals surface area contributed by atoms with E-state index in [0.717, 1.165) is 17.0 Å². The van der Waals surface area contributed by atoms with Crippen LogP contribution in [0.4, 0.5) is 13.2 Å². The second-order valence-electron chi connectivity index (χ2n) is 6.72. The van der Waals surface area contributed by atoms with E-state index in [-0.39, 0.29) is 11.6 Å². The molecule has 2 heterocycles. The smallest absolute Gasteiger partial charge is 0.424 e. The van der Waals surface area contributed by atoms with E-state index >= 15 is 0 Å². The molecule has 1 amide bonds. The molecule has 0 fully saturated rings. The lowest BCUT2D eigenvalue weighted by atomic mass is 9.89. The number of amides is 1. The van der Waals surface area contributed by atoms with Gasteiger partial charge < -0.3 is 15.2 Å². The van der Waals surface area contributed by atoms with Crippen molar-refractivity contribution in [1.82, 2.24) is 15.1 Å². The van der Waals surface area contributed by atoms with Crippen LogP contribution in [-0.4, -0.2) is 32.6 Å². The zero-order chi connectivity index (χ0) is 19.9. The van der Waals surface area contributed by atoms with E-state index in [0.29, 0.717) is 6.42 Å². The van der Waals surface area contributed by atoms with Gasteiger partial charge in [-0.1, -0.05) is 20.8 Å². The third-order valence-electron chi connectivity index (χ3n) is 3.99. The molecular formula is C16H20F3N3O4. The molecule has 0 aliphatic carbocycles. The summed E-state index contributed by atoms with van der Waals surface area (Å²) in [7, 11) is 1.24. The Labute approximate surface area is 147 Å². The second-order valence-corrected chi connectivity index (χ2v) is 6.72. The molecule has 0 radical (unpaired) electrons. The normalized spacial score (nSPS) is 21.6. The molecule has 1 aliphatic heterocycles. The summed E-state index contributed by atoms with van der Waals surface area (Å²) in [5, 5.41) is 16.1. The van der Waals surface area contributed by atoms with Crippen LogP contribution in [0.25, 0.3) is 0 Å². The summed E-state index contributed by atoms with van der Waals surface area (Å²) >= 11 is 0. The Morgan fingerprint density at radius 2 is 2.04 bits per heavy atom. The number of ether oxygens (including phenoxy) is 1. The van der Waals surface area contributed by atoms with Crippen LogP contribution in [0.15, 0.2) is 18.0 Å². The minimum Gasteiger partial charge on any atom is -0.424 e. The zero-order valence-corrected chi connectivity index (χ0v) is 14.7. The van der Waals surface area contributed by atoms with Crippen molar-refractivity contribution in [2.45, 2.75) is 39.2 Å². The standard InChI is InChI=1S/C16H20F3N3O4/c1-8(2)5-9(3)15(25)11(6-12(23)26-15)20-14(24)10-7-22(4)21-13(10)16(17,18)19/h6-9,25H,5H2,1-4H3,(H,20,24). The number of esters is 1. The van der Waals surface area contributed by atoms with Crippen LogP contribution < -0.4 is 5.32 Å². The molecule has 0 saturated heterocycles. The van der Waals surface area contributed by atoms with Crippen molar-refractivity contribution in [1.29, 1.82) is 0 Å².